The summed E-state index contributed by atoms with van der Waals surface area (Å²) < 4.78 is 0. The number of anilines is 1. The Balaban J connectivity index is 2.25. The van der Waals surface area contributed by atoms with E-state index in [-0.39, 0.29) is 0 Å². The van der Waals surface area contributed by atoms with E-state index in [0.717, 1.165) is 5.69 Å². The monoisotopic (exact) mass is 215 g/mol. The summed E-state index contributed by atoms with van der Waals surface area (Å²) in [6.07, 6.45) is 0. The van der Waals surface area contributed by atoms with Crippen LogP contribution < -0.4 is 5.73 Å². The fourth-order valence-electron chi connectivity index (χ4n) is 1.40. The minimum atomic E-state index is 0.824. The third-order valence-corrected chi connectivity index (χ3v) is 3.36. The van der Waals surface area contributed by atoms with Gasteiger partial charge in [-0.05, 0) is 42.8 Å². The molecule has 2 aromatic rings. The summed E-state index contributed by atoms with van der Waals surface area (Å²) in [5.41, 5.74) is 7.76. The van der Waals surface area contributed by atoms with Crippen molar-refractivity contribution in [3.8, 4) is 0 Å². The number of benzene rings is 2. The lowest BCUT2D eigenvalue weighted by Crippen LogP contribution is -1.86. The number of hydrogen-bond acceptors (Lipinski definition) is 2. The first-order chi connectivity index (χ1) is 7.25. The van der Waals surface area contributed by atoms with Gasteiger partial charge in [0.15, 0.2) is 0 Å². The van der Waals surface area contributed by atoms with Crippen molar-refractivity contribution >= 4 is 17.4 Å². The van der Waals surface area contributed by atoms with Crippen molar-refractivity contribution in [1.82, 2.24) is 0 Å². The lowest BCUT2D eigenvalue weighted by atomic mass is 10.2. The summed E-state index contributed by atoms with van der Waals surface area (Å²) in [7, 11) is 0. The first kappa shape index (κ1) is 10.1. The average Bonchev–Trinajstić information content (AvgIpc) is 2.24. The second kappa shape index (κ2) is 4.41. The van der Waals surface area contributed by atoms with Gasteiger partial charge >= 0.3 is 0 Å². The zero-order chi connectivity index (χ0) is 10.7. The molecule has 76 valence electrons. The molecule has 0 fully saturated rings. The van der Waals surface area contributed by atoms with Gasteiger partial charge in [-0.25, -0.2) is 0 Å². The molecule has 0 bridgehead atoms. The zero-order valence-electron chi connectivity index (χ0n) is 8.60. The van der Waals surface area contributed by atoms with Crippen molar-refractivity contribution in [1.29, 1.82) is 0 Å². The summed E-state index contributed by atoms with van der Waals surface area (Å²) in [6, 6.07) is 16.4. The van der Waals surface area contributed by atoms with Crippen LogP contribution in [-0.2, 0) is 0 Å². The summed E-state index contributed by atoms with van der Waals surface area (Å²) >= 11 is 1.77. The highest BCUT2D eigenvalue weighted by molar-refractivity contribution is 7.99. The molecular formula is C13H13NS. The molecule has 0 amide bonds. The molecule has 0 radical (unpaired) electrons. The second-order valence-corrected chi connectivity index (χ2v) is 4.56. The topological polar surface area (TPSA) is 26.0 Å². The molecule has 0 atom stereocenters. The standard InChI is InChI=1S/C13H13NS/c1-10-9-11(14)7-8-13(10)15-12-5-3-2-4-6-12/h2-9H,14H2,1H3. The van der Waals surface area contributed by atoms with Gasteiger partial charge in [0.1, 0.15) is 0 Å². The van der Waals surface area contributed by atoms with E-state index in [1.165, 1.54) is 15.4 Å². The van der Waals surface area contributed by atoms with E-state index in [4.69, 9.17) is 5.73 Å². The van der Waals surface area contributed by atoms with E-state index >= 15 is 0 Å². The van der Waals surface area contributed by atoms with Crippen LogP contribution in [0.3, 0.4) is 0 Å². The molecule has 2 heteroatoms. The Morgan fingerprint density at radius 3 is 2.40 bits per heavy atom. The Morgan fingerprint density at radius 1 is 1.00 bits per heavy atom. The van der Waals surface area contributed by atoms with E-state index in [1.807, 2.05) is 18.2 Å². The minimum Gasteiger partial charge on any atom is -0.399 e. The van der Waals surface area contributed by atoms with Crippen molar-refractivity contribution in [2.45, 2.75) is 16.7 Å². The fourth-order valence-corrected chi connectivity index (χ4v) is 2.31. The van der Waals surface area contributed by atoms with E-state index in [9.17, 15) is 0 Å². The summed E-state index contributed by atoms with van der Waals surface area (Å²) in [6.45, 7) is 2.08. The molecule has 0 heterocycles. The van der Waals surface area contributed by atoms with E-state index < -0.39 is 0 Å². The highest BCUT2D eigenvalue weighted by Crippen LogP contribution is 2.30. The van der Waals surface area contributed by atoms with Gasteiger partial charge in [0.05, 0.1) is 0 Å². The van der Waals surface area contributed by atoms with Crippen LogP contribution in [0.1, 0.15) is 5.56 Å². The molecule has 2 aromatic carbocycles. The molecule has 0 saturated carbocycles. The van der Waals surface area contributed by atoms with Crippen LogP contribution in [0.15, 0.2) is 58.3 Å². The summed E-state index contributed by atoms with van der Waals surface area (Å²) in [5.74, 6) is 0. The normalized spacial score (nSPS) is 10.2. The van der Waals surface area contributed by atoms with Crippen molar-refractivity contribution < 1.29 is 0 Å². The number of hydrogen-bond donors (Lipinski definition) is 1. The van der Waals surface area contributed by atoms with Crippen LogP contribution >= 0.6 is 11.8 Å². The van der Waals surface area contributed by atoms with E-state index in [2.05, 4.69) is 37.3 Å². The summed E-state index contributed by atoms with van der Waals surface area (Å²) in [5, 5.41) is 0. The second-order valence-electron chi connectivity index (χ2n) is 3.44. The first-order valence-corrected chi connectivity index (χ1v) is 5.66. The molecule has 15 heavy (non-hydrogen) atoms. The van der Waals surface area contributed by atoms with E-state index in [0.29, 0.717) is 0 Å². The molecule has 2 rings (SSSR count). The molecule has 0 aromatic heterocycles. The maximum atomic E-state index is 5.71. The highest BCUT2D eigenvalue weighted by atomic mass is 32.2. The van der Waals surface area contributed by atoms with Crippen molar-refractivity contribution in [2.24, 2.45) is 0 Å². The maximum absolute atomic E-state index is 5.71. The van der Waals surface area contributed by atoms with Gasteiger partial charge in [0.2, 0.25) is 0 Å². The minimum absolute atomic E-state index is 0.824. The lowest BCUT2D eigenvalue weighted by Gasteiger charge is -2.05. The fraction of sp³-hybridized carbons (Fsp3) is 0.0769. The largest absolute Gasteiger partial charge is 0.399 e. The van der Waals surface area contributed by atoms with Crippen LogP contribution in [0.5, 0.6) is 0 Å². The molecule has 0 aliphatic rings. The Kier molecular flexibility index (Phi) is 2.97. The van der Waals surface area contributed by atoms with Gasteiger partial charge in [-0.3, -0.25) is 0 Å². The van der Waals surface area contributed by atoms with Gasteiger partial charge < -0.3 is 5.73 Å². The van der Waals surface area contributed by atoms with Gasteiger partial charge in [-0.15, -0.1) is 0 Å². The van der Waals surface area contributed by atoms with Gasteiger partial charge in [-0.2, -0.15) is 0 Å². The van der Waals surface area contributed by atoms with Crippen molar-refractivity contribution in [3.63, 3.8) is 0 Å². The average molecular weight is 215 g/mol. The van der Waals surface area contributed by atoms with Crippen LogP contribution in [-0.4, -0.2) is 0 Å². The molecular weight excluding hydrogens is 202 g/mol. The SMILES string of the molecule is Cc1cc(N)ccc1Sc1ccccc1. The Bertz CT molecular complexity index is 451. The van der Waals surface area contributed by atoms with Crippen molar-refractivity contribution in [3.05, 3.63) is 54.1 Å². The first-order valence-electron chi connectivity index (χ1n) is 4.85. The number of nitrogen functional groups attached to an aromatic ring is 1. The molecule has 0 spiro atoms. The Hall–Kier alpha value is -1.41. The quantitative estimate of drug-likeness (QED) is 0.772. The number of nitrogens with two attached hydrogens (primary N) is 1. The van der Waals surface area contributed by atoms with Crippen molar-refractivity contribution in [2.75, 3.05) is 5.73 Å². The van der Waals surface area contributed by atoms with Crippen LogP contribution in [0.4, 0.5) is 5.69 Å². The van der Waals surface area contributed by atoms with E-state index in [1.54, 1.807) is 11.8 Å². The van der Waals surface area contributed by atoms with Crippen LogP contribution in [0.2, 0.25) is 0 Å². The molecule has 0 saturated heterocycles. The Labute approximate surface area is 94.3 Å². The molecule has 2 N–H and O–H groups in total. The predicted octanol–water partition coefficient (Wildman–Crippen LogP) is 3.73. The third kappa shape index (κ3) is 2.54. The molecule has 0 aliphatic carbocycles. The van der Waals surface area contributed by atoms with Gasteiger partial charge in [-0.1, -0.05) is 30.0 Å². The predicted molar refractivity (Wildman–Crippen MR) is 66.2 cm³/mol. The Morgan fingerprint density at radius 2 is 1.73 bits per heavy atom. The highest BCUT2D eigenvalue weighted by Gasteiger charge is 2.00. The lowest BCUT2D eigenvalue weighted by molar-refractivity contribution is 1.29. The number of aryl methyl sites for hydroxylation is 1. The van der Waals surface area contributed by atoms with Crippen LogP contribution in [0, 0.1) is 6.92 Å². The maximum Gasteiger partial charge on any atom is 0.0317 e. The number of rotatable bonds is 2. The third-order valence-electron chi connectivity index (χ3n) is 2.17. The summed E-state index contributed by atoms with van der Waals surface area (Å²) in [4.78, 5) is 2.51. The molecule has 0 unspecified atom stereocenters. The smallest absolute Gasteiger partial charge is 0.0317 e. The van der Waals surface area contributed by atoms with Gasteiger partial charge in [0, 0.05) is 15.5 Å². The van der Waals surface area contributed by atoms with Gasteiger partial charge in [0.25, 0.3) is 0 Å². The van der Waals surface area contributed by atoms with Crippen LogP contribution in [0.25, 0.3) is 0 Å². The zero-order valence-corrected chi connectivity index (χ0v) is 9.42. The molecule has 1 nitrogen and oxygen atoms in total. The molecule has 0 aliphatic heterocycles.